The van der Waals surface area contributed by atoms with Gasteiger partial charge in [-0.15, -0.1) is 0 Å². The second kappa shape index (κ2) is 4.52. The van der Waals surface area contributed by atoms with Crippen LogP contribution < -0.4 is 0 Å². The maximum absolute atomic E-state index is 4.75. The van der Waals surface area contributed by atoms with E-state index in [1.165, 1.54) is 11.1 Å². The van der Waals surface area contributed by atoms with E-state index in [0.717, 1.165) is 0 Å². The summed E-state index contributed by atoms with van der Waals surface area (Å²) in [5.74, 6) is 0. The highest BCUT2D eigenvalue weighted by atomic mass is 15.3. The summed E-state index contributed by atoms with van der Waals surface area (Å²) in [7, 11) is 0. The molecular formula is C19H22N2. The van der Waals surface area contributed by atoms with Crippen molar-refractivity contribution in [3.63, 3.8) is 0 Å². The lowest BCUT2D eigenvalue weighted by atomic mass is 9.59. The quantitative estimate of drug-likeness (QED) is 0.711. The van der Waals surface area contributed by atoms with Crippen LogP contribution in [0.15, 0.2) is 70.9 Å². The second-order valence-electron chi connectivity index (χ2n) is 6.70. The lowest BCUT2D eigenvalue weighted by Crippen LogP contribution is -2.46. The first-order valence-electron chi connectivity index (χ1n) is 7.47. The normalized spacial score (nSPS) is 30.5. The maximum atomic E-state index is 4.75. The van der Waals surface area contributed by atoms with Crippen LogP contribution in [-0.4, -0.2) is 0 Å². The Morgan fingerprint density at radius 3 is 1.24 bits per heavy atom. The van der Waals surface area contributed by atoms with Gasteiger partial charge in [0.2, 0.25) is 0 Å². The van der Waals surface area contributed by atoms with E-state index in [4.69, 9.17) is 10.2 Å². The van der Waals surface area contributed by atoms with Crippen molar-refractivity contribution in [3.05, 3.63) is 71.8 Å². The van der Waals surface area contributed by atoms with E-state index in [0.29, 0.717) is 0 Å². The molecule has 0 fully saturated rings. The SMILES string of the molecule is CC1(C)[C@](C)(c2ccccc2)N=N[C@]1(C)c1ccccc1. The Balaban J connectivity index is 2.13. The molecule has 108 valence electrons. The van der Waals surface area contributed by atoms with Crippen molar-refractivity contribution in [1.82, 2.24) is 0 Å². The van der Waals surface area contributed by atoms with Crippen LogP contribution in [0.1, 0.15) is 38.8 Å². The van der Waals surface area contributed by atoms with Crippen LogP contribution in [0.5, 0.6) is 0 Å². The predicted octanol–water partition coefficient (Wildman–Crippen LogP) is 5.31. The standard InChI is InChI=1S/C19H22N2/c1-17(2)18(3,15-11-7-5-8-12-15)20-21-19(17,4)16-13-9-6-10-14-16/h5-14H,1-4H3/t18-,19+. The summed E-state index contributed by atoms with van der Waals surface area (Å²) < 4.78 is 0. The summed E-state index contributed by atoms with van der Waals surface area (Å²) in [5, 5.41) is 9.49. The van der Waals surface area contributed by atoms with E-state index < -0.39 is 0 Å². The smallest absolute Gasteiger partial charge is 0.111 e. The van der Waals surface area contributed by atoms with Crippen molar-refractivity contribution in [1.29, 1.82) is 0 Å². The maximum Gasteiger partial charge on any atom is 0.111 e. The van der Waals surface area contributed by atoms with Crippen LogP contribution in [0, 0.1) is 5.41 Å². The van der Waals surface area contributed by atoms with E-state index in [1.54, 1.807) is 0 Å². The van der Waals surface area contributed by atoms with Crippen molar-refractivity contribution >= 4 is 0 Å². The van der Waals surface area contributed by atoms with Gasteiger partial charge in [-0.25, -0.2) is 0 Å². The minimum atomic E-state index is -0.321. The molecule has 0 bridgehead atoms. The van der Waals surface area contributed by atoms with Crippen LogP contribution in [0.4, 0.5) is 0 Å². The second-order valence-corrected chi connectivity index (χ2v) is 6.70. The third-order valence-corrected chi connectivity index (χ3v) is 5.56. The van der Waals surface area contributed by atoms with E-state index in [1.807, 2.05) is 12.1 Å². The van der Waals surface area contributed by atoms with Gasteiger partial charge in [-0.05, 0) is 25.0 Å². The fourth-order valence-electron chi connectivity index (χ4n) is 3.29. The molecule has 2 aromatic carbocycles. The van der Waals surface area contributed by atoms with E-state index in [9.17, 15) is 0 Å². The molecule has 2 nitrogen and oxygen atoms in total. The Bertz CT molecular complexity index is 603. The van der Waals surface area contributed by atoms with E-state index in [2.05, 4.69) is 76.2 Å². The van der Waals surface area contributed by atoms with Gasteiger partial charge in [0.05, 0.1) is 0 Å². The molecule has 0 aromatic heterocycles. The van der Waals surface area contributed by atoms with Crippen LogP contribution in [0.25, 0.3) is 0 Å². The van der Waals surface area contributed by atoms with E-state index in [-0.39, 0.29) is 16.5 Å². The van der Waals surface area contributed by atoms with Gasteiger partial charge in [-0.1, -0.05) is 74.5 Å². The molecule has 0 spiro atoms. The van der Waals surface area contributed by atoms with Gasteiger partial charge in [0.15, 0.2) is 0 Å². The molecule has 21 heavy (non-hydrogen) atoms. The van der Waals surface area contributed by atoms with Gasteiger partial charge in [0.25, 0.3) is 0 Å². The first-order valence-corrected chi connectivity index (χ1v) is 7.47. The predicted molar refractivity (Wildman–Crippen MR) is 86.2 cm³/mol. The lowest BCUT2D eigenvalue weighted by Gasteiger charge is -2.44. The van der Waals surface area contributed by atoms with Gasteiger partial charge >= 0.3 is 0 Å². The molecular weight excluding hydrogens is 256 g/mol. The third kappa shape index (κ3) is 1.78. The van der Waals surface area contributed by atoms with Crippen LogP contribution >= 0.6 is 0 Å². The number of hydrogen-bond acceptors (Lipinski definition) is 2. The van der Waals surface area contributed by atoms with Crippen molar-refractivity contribution in [3.8, 4) is 0 Å². The molecule has 1 heterocycles. The van der Waals surface area contributed by atoms with Crippen molar-refractivity contribution < 1.29 is 0 Å². The molecule has 2 heteroatoms. The molecule has 0 radical (unpaired) electrons. The highest BCUT2D eigenvalue weighted by Crippen LogP contribution is 2.60. The molecule has 0 aliphatic carbocycles. The van der Waals surface area contributed by atoms with Crippen molar-refractivity contribution in [2.45, 2.75) is 38.8 Å². The molecule has 0 unspecified atom stereocenters. The van der Waals surface area contributed by atoms with Crippen LogP contribution in [-0.2, 0) is 11.1 Å². The average Bonchev–Trinajstić information content (AvgIpc) is 2.71. The Kier molecular flexibility index (Phi) is 3.01. The van der Waals surface area contributed by atoms with Gasteiger partial charge in [-0.3, -0.25) is 0 Å². The molecule has 0 saturated carbocycles. The summed E-state index contributed by atoms with van der Waals surface area (Å²) >= 11 is 0. The summed E-state index contributed by atoms with van der Waals surface area (Å²) in [5.41, 5.74) is 1.68. The number of azo groups is 1. The molecule has 0 amide bonds. The largest absolute Gasteiger partial charge is 0.181 e. The fourth-order valence-corrected chi connectivity index (χ4v) is 3.29. The van der Waals surface area contributed by atoms with Crippen molar-refractivity contribution in [2.75, 3.05) is 0 Å². The molecule has 0 saturated heterocycles. The molecule has 3 rings (SSSR count). The summed E-state index contributed by atoms with van der Waals surface area (Å²) in [6, 6.07) is 21.0. The lowest BCUT2D eigenvalue weighted by molar-refractivity contribution is 0.124. The zero-order valence-corrected chi connectivity index (χ0v) is 13.2. The molecule has 2 atom stereocenters. The molecule has 0 N–H and O–H groups in total. The van der Waals surface area contributed by atoms with Gasteiger partial charge in [0, 0.05) is 5.41 Å². The summed E-state index contributed by atoms with van der Waals surface area (Å²) in [4.78, 5) is 0. The van der Waals surface area contributed by atoms with Crippen molar-refractivity contribution in [2.24, 2.45) is 15.6 Å². The number of benzene rings is 2. The molecule has 2 aromatic rings. The number of rotatable bonds is 2. The monoisotopic (exact) mass is 278 g/mol. The summed E-state index contributed by atoms with van der Waals surface area (Å²) in [6.07, 6.45) is 0. The minimum absolute atomic E-state index is 0.122. The Morgan fingerprint density at radius 2 is 0.905 bits per heavy atom. The fraction of sp³-hybridized carbons (Fsp3) is 0.368. The zero-order valence-electron chi connectivity index (χ0n) is 13.2. The first kappa shape index (κ1) is 14.0. The van der Waals surface area contributed by atoms with Gasteiger partial charge in [-0.2, -0.15) is 10.2 Å². The van der Waals surface area contributed by atoms with E-state index >= 15 is 0 Å². The highest BCUT2D eigenvalue weighted by molar-refractivity contribution is 5.36. The number of hydrogen-bond donors (Lipinski definition) is 0. The molecule has 1 aliphatic heterocycles. The van der Waals surface area contributed by atoms with Gasteiger partial charge in [0.1, 0.15) is 11.1 Å². The average molecular weight is 278 g/mol. The Morgan fingerprint density at radius 1 is 0.571 bits per heavy atom. The zero-order chi connectivity index (χ0) is 15.1. The topological polar surface area (TPSA) is 24.7 Å². The third-order valence-electron chi connectivity index (χ3n) is 5.56. The highest BCUT2D eigenvalue weighted by Gasteiger charge is 2.59. The summed E-state index contributed by atoms with van der Waals surface area (Å²) in [6.45, 7) is 8.93. The van der Waals surface area contributed by atoms with Crippen LogP contribution in [0.2, 0.25) is 0 Å². The van der Waals surface area contributed by atoms with Gasteiger partial charge < -0.3 is 0 Å². The Hall–Kier alpha value is -1.96. The van der Waals surface area contributed by atoms with Crippen LogP contribution in [0.3, 0.4) is 0 Å². The minimum Gasteiger partial charge on any atom is -0.181 e. The first-order chi connectivity index (χ1) is 9.92. The number of nitrogens with zero attached hydrogens (tertiary/aromatic N) is 2. The molecule has 1 aliphatic rings. The Labute approximate surface area is 126 Å².